The van der Waals surface area contributed by atoms with Crippen molar-refractivity contribution in [3.8, 4) is 11.1 Å². The maximum absolute atomic E-state index is 6.18. The van der Waals surface area contributed by atoms with Gasteiger partial charge >= 0.3 is 0 Å². The quantitative estimate of drug-likeness (QED) is 0.311. The van der Waals surface area contributed by atoms with Gasteiger partial charge in [0.2, 0.25) is 0 Å². The van der Waals surface area contributed by atoms with E-state index in [1.165, 1.54) is 44.2 Å². The zero-order valence-corrected chi connectivity index (χ0v) is 15.1. The fourth-order valence-electron chi connectivity index (χ4n) is 4.63. The van der Waals surface area contributed by atoms with E-state index in [1.54, 1.807) is 0 Å². The van der Waals surface area contributed by atoms with E-state index in [0.29, 0.717) is 0 Å². The van der Waals surface area contributed by atoms with Crippen LogP contribution < -0.4 is 0 Å². The SMILES string of the molecule is Cc1ccc(C2c3ccccc3-c3ccc4oc5ccccc5c4c32)cc1. The summed E-state index contributed by atoms with van der Waals surface area (Å²) in [5, 5.41) is 2.46. The van der Waals surface area contributed by atoms with E-state index in [0.717, 1.165) is 11.2 Å². The van der Waals surface area contributed by atoms with Crippen LogP contribution in [0.4, 0.5) is 0 Å². The van der Waals surface area contributed by atoms with Crippen molar-refractivity contribution in [1.29, 1.82) is 0 Å². The van der Waals surface area contributed by atoms with Crippen LogP contribution in [-0.2, 0) is 0 Å². The third-order valence-electron chi connectivity index (χ3n) is 5.84. The van der Waals surface area contributed by atoms with E-state index in [4.69, 9.17) is 4.42 Å². The van der Waals surface area contributed by atoms with Gasteiger partial charge in [-0.2, -0.15) is 0 Å². The molecule has 1 aliphatic carbocycles. The Morgan fingerprint density at radius 3 is 2.33 bits per heavy atom. The molecule has 1 nitrogen and oxygen atoms in total. The van der Waals surface area contributed by atoms with Crippen LogP contribution in [0, 0.1) is 6.92 Å². The summed E-state index contributed by atoms with van der Waals surface area (Å²) in [6.07, 6.45) is 0. The van der Waals surface area contributed by atoms with Crippen molar-refractivity contribution in [2.75, 3.05) is 0 Å². The Labute approximate surface area is 157 Å². The van der Waals surface area contributed by atoms with Gasteiger partial charge in [-0.25, -0.2) is 0 Å². The highest BCUT2D eigenvalue weighted by Crippen LogP contribution is 2.52. The maximum atomic E-state index is 6.18. The summed E-state index contributed by atoms with van der Waals surface area (Å²) in [5.41, 5.74) is 9.98. The normalized spacial score (nSPS) is 15.2. The monoisotopic (exact) mass is 346 g/mol. The number of hydrogen-bond donors (Lipinski definition) is 0. The lowest BCUT2D eigenvalue weighted by Gasteiger charge is -2.15. The zero-order chi connectivity index (χ0) is 18.0. The first kappa shape index (κ1) is 14.8. The van der Waals surface area contributed by atoms with Crippen LogP contribution in [0.15, 0.2) is 89.3 Å². The molecule has 0 amide bonds. The molecule has 5 aromatic rings. The van der Waals surface area contributed by atoms with Crippen molar-refractivity contribution in [1.82, 2.24) is 0 Å². The number of furan rings is 1. The number of benzene rings is 4. The van der Waals surface area contributed by atoms with Crippen LogP contribution in [0.5, 0.6) is 0 Å². The second kappa shape index (κ2) is 5.34. The molecule has 0 fully saturated rings. The maximum Gasteiger partial charge on any atom is 0.135 e. The van der Waals surface area contributed by atoms with Crippen molar-refractivity contribution in [3.63, 3.8) is 0 Å². The van der Waals surface area contributed by atoms with Crippen LogP contribution in [-0.4, -0.2) is 0 Å². The van der Waals surface area contributed by atoms with Crippen LogP contribution in [0.25, 0.3) is 33.1 Å². The minimum absolute atomic E-state index is 0.238. The second-order valence-corrected chi connectivity index (χ2v) is 7.43. The van der Waals surface area contributed by atoms with E-state index in [1.807, 2.05) is 6.07 Å². The Morgan fingerprint density at radius 1 is 0.667 bits per heavy atom. The summed E-state index contributed by atoms with van der Waals surface area (Å²) in [7, 11) is 0. The standard InChI is InChI=1S/C26H18O/c1-16-10-12-17(13-11-16)24-19-7-3-2-6-18(19)20-14-15-23-25(26(20)24)21-8-4-5-9-22(21)27-23/h2-15,24H,1H3. The number of para-hydroxylation sites is 1. The summed E-state index contributed by atoms with van der Waals surface area (Å²) in [6, 6.07) is 30.5. The molecule has 0 saturated carbocycles. The first-order valence-corrected chi connectivity index (χ1v) is 9.41. The highest BCUT2D eigenvalue weighted by atomic mass is 16.3. The number of aryl methyl sites for hydroxylation is 1. The second-order valence-electron chi connectivity index (χ2n) is 7.43. The summed E-state index contributed by atoms with van der Waals surface area (Å²) in [5.74, 6) is 0.238. The minimum atomic E-state index is 0.238. The van der Waals surface area contributed by atoms with Crippen LogP contribution in [0.2, 0.25) is 0 Å². The zero-order valence-electron chi connectivity index (χ0n) is 15.1. The fourth-order valence-corrected chi connectivity index (χ4v) is 4.63. The molecule has 27 heavy (non-hydrogen) atoms. The summed E-state index contributed by atoms with van der Waals surface area (Å²) in [4.78, 5) is 0. The molecular weight excluding hydrogens is 328 g/mol. The lowest BCUT2D eigenvalue weighted by molar-refractivity contribution is 0.668. The van der Waals surface area contributed by atoms with E-state index in [2.05, 4.69) is 85.8 Å². The molecule has 0 radical (unpaired) electrons. The molecule has 4 aromatic carbocycles. The van der Waals surface area contributed by atoms with Crippen molar-refractivity contribution in [3.05, 3.63) is 107 Å². The molecule has 0 spiro atoms. The van der Waals surface area contributed by atoms with Gasteiger partial charge in [-0.05, 0) is 46.9 Å². The van der Waals surface area contributed by atoms with Crippen molar-refractivity contribution < 1.29 is 4.42 Å². The molecule has 0 N–H and O–H groups in total. The van der Waals surface area contributed by atoms with Crippen LogP contribution >= 0.6 is 0 Å². The number of rotatable bonds is 1. The van der Waals surface area contributed by atoms with Gasteiger partial charge in [0.05, 0.1) is 0 Å². The molecule has 0 bridgehead atoms. The molecule has 1 heterocycles. The van der Waals surface area contributed by atoms with Crippen molar-refractivity contribution in [2.24, 2.45) is 0 Å². The van der Waals surface area contributed by atoms with E-state index >= 15 is 0 Å². The smallest absolute Gasteiger partial charge is 0.135 e. The number of hydrogen-bond acceptors (Lipinski definition) is 1. The van der Waals surface area contributed by atoms with Gasteiger partial charge in [0.1, 0.15) is 11.2 Å². The topological polar surface area (TPSA) is 13.1 Å². The molecular formula is C26H18O. The Morgan fingerprint density at radius 2 is 1.44 bits per heavy atom. The minimum Gasteiger partial charge on any atom is -0.456 e. The highest BCUT2D eigenvalue weighted by Gasteiger charge is 2.32. The van der Waals surface area contributed by atoms with Gasteiger partial charge in [-0.3, -0.25) is 0 Å². The molecule has 1 unspecified atom stereocenters. The van der Waals surface area contributed by atoms with Crippen molar-refractivity contribution >= 4 is 21.9 Å². The Kier molecular flexibility index (Phi) is 2.93. The van der Waals surface area contributed by atoms with Gasteiger partial charge in [-0.1, -0.05) is 78.4 Å². The number of fused-ring (bicyclic) bond motifs is 7. The Bertz CT molecular complexity index is 1320. The summed E-state index contributed by atoms with van der Waals surface area (Å²) < 4.78 is 6.18. The molecule has 0 aliphatic heterocycles. The third-order valence-corrected chi connectivity index (χ3v) is 5.84. The van der Waals surface area contributed by atoms with Crippen molar-refractivity contribution in [2.45, 2.75) is 12.8 Å². The molecule has 1 aromatic heterocycles. The lowest BCUT2D eigenvalue weighted by atomic mass is 9.87. The average molecular weight is 346 g/mol. The van der Waals surface area contributed by atoms with Gasteiger partial charge in [-0.15, -0.1) is 0 Å². The van der Waals surface area contributed by atoms with Gasteiger partial charge in [0, 0.05) is 16.7 Å². The average Bonchev–Trinajstić information content (AvgIpc) is 3.24. The van der Waals surface area contributed by atoms with Crippen LogP contribution in [0.1, 0.15) is 28.2 Å². The molecule has 0 saturated heterocycles. The van der Waals surface area contributed by atoms with Gasteiger partial charge in [0.25, 0.3) is 0 Å². The molecule has 1 aliphatic rings. The Balaban J connectivity index is 1.77. The first-order valence-electron chi connectivity index (χ1n) is 9.41. The third kappa shape index (κ3) is 2.00. The highest BCUT2D eigenvalue weighted by molar-refractivity contribution is 6.10. The summed E-state index contributed by atoms with van der Waals surface area (Å²) >= 11 is 0. The predicted molar refractivity (Wildman–Crippen MR) is 111 cm³/mol. The van der Waals surface area contributed by atoms with Gasteiger partial charge in [0.15, 0.2) is 0 Å². The Hall–Kier alpha value is -3.32. The lowest BCUT2D eigenvalue weighted by Crippen LogP contribution is -1.99. The van der Waals surface area contributed by atoms with E-state index in [9.17, 15) is 0 Å². The molecule has 128 valence electrons. The largest absolute Gasteiger partial charge is 0.456 e. The molecule has 6 rings (SSSR count). The van der Waals surface area contributed by atoms with E-state index < -0.39 is 0 Å². The molecule has 1 atom stereocenters. The molecule has 1 heteroatoms. The first-order chi connectivity index (χ1) is 13.3. The predicted octanol–water partition coefficient (Wildman–Crippen LogP) is 7.06. The fraction of sp³-hybridized carbons (Fsp3) is 0.0769. The van der Waals surface area contributed by atoms with E-state index in [-0.39, 0.29) is 5.92 Å². The summed E-state index contributed by atoms with van der Waals surface area (Å²) in [6.45, 7) is 2.14. The van der Waals surface area contributed by atoms with Gasteiger partial charge < -0.3 is 4.42 Å². The van der Waals surface area contributed by atoms with Crippen LogP contribution in [0.3, 0.4) is 0 Å².